The summed E-state index contributed by atoms with van der Waals surface area (Å²) in [6.07, 6.45) is 6.37. The number of ether oxygens (including phenoxy) is 2. The second-order valence-electron chi connectivity index (χ2n) is 5.30. The van der Waals surface area contributed by atoms with Crippen LogP contribution in [-0.2, 0) is 9.53 Å². The van der Waals surface area contributed by atoms with E-state index in [-0.39, 0.29) is 12.0 Å². The second kappa shape index (κ2) is 7.86. The van der Waals surface area contributed by atoms with E-state index in [1.165, 1.54) is 7.11 Å². The molecule has 0 spiro atoms. The van der Waals surface area contributed by atoms with Crippen molar-refractivity contribution in [1.82, 2.24) is 4.98 Å². The third kappa shape index (κ3) is 4.09. The first-order valence-corrected chi connectivity index (χ1v) is 7.67. The van der Waals surface area contributed by atoms with Crippen molar-refractivity contribution in [3.05, 3.63) is 18.3 Å². The summed E-state index contributed by atoms with van der Waals surface area (Å²) in [5.41, 5.74) is 0. The van der Waals surface area contributed by atoms with Gasteiger partial charge >= 0.3 is 5.97 Å². The third-order valence-electron chi connectivity index (χ3n) is 3.74. The zero-order valence-corrected chi connectivity index (χ0v) is 12.9. The number of anilines is 1. The SMILES string of the molecule is CCCOc1cccnc1N1CCCCC1CC(=O)OC. The van der Waals surface area contributed by atoms with E-state index in [2.05, 4.69) is 16.8 Å². The summed E-state index contributed by atoms with van der Waals surface area (Å²) >= 11 is 0. The summed E-state index contributed by atoms with van der Waals surface area (Å²) in [6.45, 7) is 3.66. The number of pyridine rings is 1. The van der Waals surface area contributed by atoms with Crippen LogP contribution in [0.1, 0.15) is 39.0 Å². The number of carbonyl (C=O) groups is 1. The normalized spacial score (nSPS) is 18.4. The van der Waals surface area contributed by atoms with Gasteiger partial charge in [-0.1, -0.05) is 6.92 Å². The number of piperidine rings is 1. The lowest BCUT2D eigenvalue weighted by Crippen LogP contribution is -2.41. The van der Waals surface area contributed by atoms with Crippen LogP contribution in [0.4, 0.5) is 5.82 Å². The molecule has 0 aromatic carbocycles. The Kier molecular flexibility index (Phi) is 5.84. The summed E-state index contributed by atoms with van der Waals surface area (Å²) in [7, 11) is 1.44. The molecule has 0 radical (unpaired) electrons. The number of hydrogen-bond acceptors (Lipinski definition) is 5. The van der Waals surface area contributed by atoms with Crippen molar-refractivity contribution in [2.45, 2.75) is 45.1 Å². The standard InChI is InChI=1S/C16H24N2O3/c1-3-11-21-14-8-6-9-17-16(14)18-10-5-4-7-13(18)12-15(19)20-2/h6,8-9,13H,3-5,7,10-12H2,1-2H3. The molecule has 2 heterocycles. The fraction of sp³-hybridized carbons (Fsp3) is 0.625. The summed E-state index contributed by atoms with van der Waals surface area (Å²) in [4.78, 5) is 18.3. The highest BCUT2D eigenvalue weighted by Gasteiger charge is 2.28. The molecule has 5 heteroatoms. The number of rotatable bonds is 6. The molecule has 0 N–H and O–H groups in total. The van der Waals surface area contributed by atoms with E-state index in [0.717, 1.165) is 43.8 Å². The van der Waals surface area contributed by atoms with Crippen LogP contribution in [0, 0.1) is 0 Å². The Labute approximate surface area is 126 Å². The molecule has 0 amide bonds. The van der Waals surface area contributed by atoms with Crippen molar-refractivity contribution in [1.29, 1.82) is 0 Å². The average Bonchev–Trinajstić information content (AvgIpc) is 2.53. The Morgan fingerprint density at radius 3 is 3.10 bits per heavy atom. The highest BCUT2D eigenvalue weighted by molar-refractivity contribution is 5.71. The van der Waals surface area contributed by atoms with Crippen molar-refractivity contribution in [2.75, 3.05) is 25.2 Å². The maximum Gasteiger partial charge on any atom is 0.307 e. The Balaban J connectivity index is 2.18. The van der Waals surface area contributed by atoms with E-state index in [0.29, 0.717) is 13.0 Å². The van der Waals surface area contributed by atoms with Crippen LogP contribution in [0.2, 0.25) is 0 Å². The lowest BCUT2D eigenvalue weighted by molar-refractivity contribution is -0.141. The van der Waals surface area contributed by atoms with Crippen LogP contribution in [0.5, 0.6) is 5.75 Å². The molecule has 1 aliphatic rings. The minimum atomic E-state index is -0.168. The van der Waals surface area contributed by atoms with Gasteiger partial charge in [0.2, 0.25) is 0 Å². The first kappa shape index (κ1) is 15.6. The zero-order chi connectivity index (χ0) is 15.1. The smallest absolute Gasteiger partial charge is 0.307 e. The van der Waals surface area contributed by atoms with E-state index in [1.54, 1.807) is 6.20 Å². The molecule has 1 aliphatic heterocycles. The zero-order valence-electron chi connectivity index (χ0n) is 12.9. The highest BCUT2D eigenvalue weighted by Crippen LogP contribution is 2.32. The van der Waals surface area contributed by atoms with Crippen LogP contribution in [0.15, 0.2) is 18.3 Å². The van der Waals surface area contributed by atoms with Gasteiger partial charge in [-0.3, -0.25) is 4.79 Å². The molecular weight excluding hydrogens is 268 g/mol. The first-order chi connectivity index (χ1) is 10.3. The maximum absolute atomic E-state index is 11.6. The van der Waals surface area contributed by atoms with E-state index in [9.17, 15) is 4.79 Å². The molecule has 2 rings (SSSR count). The molecule has 5 nitrogen and oxygen atoms in total. The van der Waals surface area contributed by atoms with Gasteiger partial charge < -0.3 is 14.4 Å². The summed E-state index contributed by atoms with van der Waals surface area (Å²) in [6, 6.07) is 3.97. The molecule has 1 aromatic rings. The number of esters is 1. The second-order valence-corrected chi connectivity index (χ2v) is 5.30. The Morgan fingerprint density at radius 2 is 2.33 bits per heavy atom. The highest BCUT2D eigenvalue weighted by atomic mass is 16.5. The largest absolute Gasteiger partial charge is 0.490 e. The first-order valence-electron chi connectivity index (χ1n) is 7.67. The van der Waals surface area contributed by atoms with E-state index in [4.69, 9.17) is 9.47 Å². The van der Waals surface area contributed by atoms with E-state index >= 15 is 0 Å². The Bertz CT molecular complexity index is 465. The van der Waals surface area contributed by atoms with Crippen molar-refractivity contribution in [2.24, 2.45) is 0 Å². The molecule has 1 unspecified atom stereocenters. The number of aromatic nitrogens is 1. The summed E-state index contributed by atoms with van der Waals surface area (Å²) in [5.74, 6) is 1.48. The summed E-state index contributed by atoms with van der Waals surface area (Å²) in [5, 5.41) is 0. The minimum absolute atomic E-state index is 0.144. The van der Waals surface area contributed by atoms with E-state index < -0.39 is 0 Å². The average molecular weight is 292 g/mol. The monoisotopic (exact) mass is 292 g/mol. The Hall–Kier alpha value is -1.78. The molecule has 0 bridgehead atoms. The number of carbonyl (C=O) groups excluding carboxylic acids is 1. The maximum atomic E-state index is 11.6. The Morgan fingerprint density at radius 1 is 1.48 bits per heavy atom. The fourth-order valence-electron chi connectivity index (χ4n) is 2.69. The van der Waals surface area contributed by atoms with Crippen molar-refractivity contribution >= 4 is 11.8 Å². The van der Waals surface area contributed by atoms with Crippen LogP contribution >= 0.6 is 0 Å². The van der Waals surface area contributed by atoms with Crippen molar-refractivity contribution < 1.29 is 14.3 Å². The lowest BCUT2D eigenvalue weighted by atomic mass is 9.99. The molecule has 21 heavy (non-hydrogen) atoms. The molecule has 0 saturated carbocycles. The quantitative estimate of drug-likeness (QED) is 0.755. The van der Waals surface area contributed by atoms with Gasteiger partial charge in [0.1, 0.15) is 0 Å². The molecule has 116 valence electrons. The number of nitrogens with zero attached hydrogens (tertiary/aromatic N) is 2. The van der Waals surface area contributed by atoms with Crippen molar-refractivity contribution in [3.8, 4) is 5.75 Å². The molecule has 1 saturated heterocycles. The predicted octanol–water partition coefficient (Wildman–Crippen LogP) is 2.79. The molecular formula is C16H24N2O3. The molecule has 1 aromatic heterocycles. The van der Waals surface area contributed by atoms with Crippen LogP contribution in [0.3, 0.4) is 0 Å². The van der Waals surface area contributed by atoms with Gasteiger partial charge in [0, 0.05) is 18.8 Å². The van der Waals surface area contributed by atoms with Crippen molar-refractivity contribution in [3.63, 3.8) is 0 Å². The summed E-state index contributed by atoms with van der Waals surface area (Å²) < 4.78 is 10.6. The predicted molar refractivity (Wildman–Crippen MR) is 81.6 cm³/mol. The van der Waals surface area contributed by atoms with Gasteiger partial charge in [-0.25, -0.2) is 4.98 Å². The van der Waals surface area contributed by atoms with Gasteiger partial charge in [-0.15, -0.1) is 0 Å². The van der Waals surface area contributed by atoms with Crippen LogP contribution in [0.25, 0.3) is 0 Å². The van der Waals surface area contributed by atoms with Gasteiger partial charge in [0.25, 0.3) is 0 Å². The third-order valence-corrected chi connectivity index (χ3v) is 3.74. The van der Waals surface area contributed by atoms with Crippen LogP contribution in [-0.4, -0.2) is 37.3 Å². The number of methoxy groups -OCH3 is 1. The van der Waals surface area contributed by atoms with Gasteiger partial charge in [-0.2, -0.15) is 0 Å². The van der Waals surface area contributed by atoms with Gasteiger partial charge in [0.05, 0.1) is 20.1 Å². The van der Waals surface area contributed by atoms with Crippen LogP contribution < -0.4 is 9.64 Å². The van der Waals surface area contributed by atoms with E-state index in [1.807, 2.05) is 12.1 Å². The fourth-order valence-corrected chi connectivity index (χ4v) is 2.69. The molecule has 1 fully saturated rings. The topological polar surface area (TPSA) is 51.7 Å². The number of hydrogen-bond donors (Lipinski definition) is 0. The van der Waals surface area contributed by atoms with Gasteiger partial charge in [-0.05, 0) is 37.8 Å². The molecule has 1 atom stereocenters. The lowest BCUT2D eigenvalue weighted by Gasteiger charge is -2.36. The molecule has 0 aliphatic carbocycles. The minimum Gasteiger partial charge on any atom is -0.490 e. The van der Waals surface area contributed by atoms with Gasteiger partial charge in [0.15, 0.2) is 11.6 Å².